The van der Waals surface area contributed by atoms with Crippen molar-refractivity contribution in [3.05, 3.63) is 84.7 Å². The number of anilines is 4. The Kier molecular flexibility index (Phi) is 17.6. The number of aromatic nitrogens is 4. The maximum Gasteiger partial charge on any atom is 0.225 e. The van der Waals surface area contributed by atoms with E-state index in [9.17, 15) is 26.3 Å². The minimum absolute atomic E-state index is 0.165. The molecule has 4 aromatic rings. The molecule has 2 aliphatic heterocycles. The summed E-state index contributed by atoms with van der Waals surface area (Å²) in [6.07, 6.45) is 9.15. The summed E-state index contributed by atoms with van der Waals surface area (Å²) in [5.41, 5.74) is 2.00. The minimum Gasteiger partial charge on any atom is -0.392 e. The van der Waals surface area contributed by atoms with Crippen LogP contribution in [-0.2, 0) is 26.3 Å². The van der Waals surface area contributed by atoms with Gasteiger partial charge >= 0.3 is 0 Å². The average molecular weight is 829 g/mol. The zero-order valence-corrected chi connectivity index (χ0v) is 36.7. The lowest BCUT2D eigenvalue weighted by Gasteiger charge is -2.44. The molecule has 2 aromatic heterocycles. The van der Waals surface area contributed by atoms with Gasteiger partial charge in [-0.25, -0.2) is 41.2 Å². The lowest BCUT2D eigenvalue weighted by atomic mass is 9.99. The zero-order chi connectivity index (χ0) is 42.5. The summed E-state index contributed by atoms with van der Waals surface area (Å²) in [7, 11) is -7.02. The van der Waals surface area contributed by atoms with Crippen molar-refractivity contribution >= 4 is 42.9 Å². The summed E-state index contributed by atoms with van der Waals surface area (Å²) in [4.78, 5) is 26.1. The number of benzene rings is 2. The molecule has 2 atom stereocenters. The Morgan fingerprint density at radius 2 is 1.04 bits per heavy atom. The lowest BCUT2D eigenvalue weighted by Crippen LogP contribution is -2.56. The third kappa shape index (κ3) is 12.3. The van der Waals surface area contributed by atoms with Gasteiger partial charge in [-0.2, -0.15) is 0 Å². The molecule has 16 heteroatoms. The highest BCUT2D eigenvalue weighted by Gasteiger charge is 2.33. The van der Waals surface area contributed by atoms with E-state index in [4.69, 9.17) is 0 Å². The molecule has 0 aliphatic carbocycles. The fraction of sp³-hybridized carbons (Fsp3) is 0.512. The topological polar surface area (TPSA) is 153 Å². The first-order valence-electron chi connectivity index (χ1n) is 19.6. The molecule has 13 nitrogen and oxygen atoms in total. The predicted octanol–water partition coefficient (Wildman–Crippen LogP) is 6.15. The van der Waals surface area contributed by atoms with Crippen LogP contribution in [0, 0.1) is 17.7 Å². The van der Waals surface area contributed by atoms with Crippen LogP contribution >= 0.6 is 0 Å². The molecule has 4 heterocycles. The average Bonchev–Trinajstić information content (AvgIpc) is 3.22. The van der Waals surface area contributed by atoms with Crippen LogP contribution in [-0.4, -0.2) is 106 Å². The summed E-state index contributed by atoms with van der Waals surface area (Å²) in [5, 5.41) is 9.46. The van der Waals surface area contributed by atoms with E-state index in [1.54, 1.807) is 55.1 Å². The highest BCUT2D eigenvalue weighted by atomic mass is 32.2. The van der Waals surface area contributed by atoms with E-state index in [2.05, 4.69) is 67.2 Å². The Morgan fingerprint density at radius 3 is 1.40 bits per heavy atom. The number of piperazine rings is 2. The number of nitrogens with zero attached hydrogens (tertiary/aromatic N) is 8. The quantitative estimate of drug-likeness (QED) is 0.206. The Balaban J connectivity index is 0.000000281. The van der Waals surface area contributed by atoms with E-state index in [1.165, 1.54) is 18.4 Å². The highest BCUT2D eigenvalue weighted by molar-refractivity contribution is 7.91. The molecule has 0 amide bonds. The zero-order valence-electron chi connectivity index (χ0n) is 35.0. The van der Waals surface area contributed by atoms with Crippen molar-refractivity contribution in [3.8, 4) is 0 Å². The molecular formula is C41H61FN8O5S2. The molecule has 0 unspecified atom stereocenters. The number of hydrogen-bond acceptors (Lipinski definition) is 13. The van der Waals surface area contributed by atoms with Gasteiger partial charge in [-0.05, 0) is 59.9 Å². The SMILES string of the molecule is CC.CC.CC(C)[C@@H]1CN(c2ccc(CO)c(S(C)(=O)=O)c2)CCN1c1ncccn1.CC(C)[C@@H]1CN(c2ccc(F)c(S(C)(=O)=O)c2)CCN1c1ncccn1. The number of halogens is 1. The van der Waals surface area contributed by atoms with E-state index in [0.29, 0.717) is 48.7 Å². The van der Waals surface area contributed by atoms with Crippen LogP contribution in [0.25, 0.3) is 0 Å². The largest absolute Gasteiger partial charge is 0.392 e. The third-order valence-corrected chi connectivity index (χ3v) is 12.0. The lowest BCUT2D eigenvalue weighted by molar-refractivity contribution is 0.278. The second-order valence-corrected chi connectivity index (χ2v) is 18.1. The molecule has 2 aliphatic rings. The molecule has 0 bridgehead atoms. The van der Waals surface area contributed by atoms with Crippen LogP contribution in [0.3, 0.4) is 0 Å². The molecule has 314 valence electrons. The van der Waals surface area contributed by atoms with Gasteiger partial charge in [0, 0.05) is 87.9 Å². The standard InChI is InChI=1S/C19H26N4O3S.C18H23FN4O2S.2C2H6/c1-14(2)17-12-22(9-10-23(17)19-20-7-4-8-21-19)16-6-5-15(13-24)18(11-16)27(3,25)26;1-13(2)16-12-22(9-10-23(16)18-20-7-4-8-21-18)14-5-6-15(19)17(11-14)26(3,24)25;2*1-2/h4-8,11,14,17,24H,9-10,12-13H2,1-3H3;4-8,11,13,16H,9-10,12H2,1-3H3;2*1-2H3/t17-;16-;;/m00../s1. The van der Waals surface area contributed by atoms with Gasteiger partial charge in [-0.15, -0.1) is 0 Å². The van der Waals surface area contributed by atoms with Gasteiger partial charge in [0.15, 0.2) is 19.7 Å². The second kappa shape index (κ2) is 21.4. The van der Waals surface area contributed by atoms with Crippen molar-refractivity contribution in [2.24, 2.45) is 11.8 Å². The maximum atomic E-state index is 13.9. The molecule has 6 rings (SSSR count). The molecule has 0 radical (unpaired) electrons. The van der Waals surface area contributed by atoms with Gasteiger partial charge in [0.2, 0.25) is 11.9 Å². The predicted molar refractivity (Wildman–Crippen MR) is 228 cm³/mol. The van der Waals surface area contributed by atoms with Gasteiger partial charge < -0.3 is 24.7 Å². The van der Waals surface area contributed by atoms with E-state index in [0.717, 1.165) is 37.5 Å². The molecule has 2 aromatic carbocycles. The van der Waals surface area contributed by atoms with Gasteiger partial charge in [0.05, 0.1) is 23.6 Å². The Labute approximate surface area is 339 Å². The van der Waals surface area contributed by atoms with E-state index >= 15 is 0 Å². The molecular weight excluding hydrogens is 768 g/mol. The fourth-order valence-electron chi connectivity index (χ4n) is 6.79. The van der Waals surface area contributed by atoms with E-state index < -0.39 is 25.5 Å². The van der Waals surface area contributed by atoms with Crippen LogP contribution in [0.15, 0.2) is 83.1 Å². The van der Waals surface area contributed by atoms with Crippen LogP contribution in [0.4, 0.5) is 27.7 Å². The van der Waals surface area contributed by atoms with Crippen molar-refractivity contribution < 1.29 is 26.3 Å². The molecule has 2 saturated heterocycles. The smallest absolute Gasteiger partial charge is 0.225 e. The monoisotopic (exact) mass is 828 g/mol. The van der Waals surface area contributed by atoms with E-state index in [-0.39, 0.29) is 28.5 Å². The van der Waals surface area contributed by atoms with Crippen molar-refractivity contribution in [3.63, 3.8) is 0 Å². The van der Waals surface area contributed by atoms with Gasteiger partial charge in [-0.1, -0.05) is 61.5 Å². The van der Waals surface area contributed by atoms with Crippen molar-refractivity contribution in [1.82, 2.24) is 19.9 Å². The van der Waals surface area contributed by atoms with Crippen molar-refractivity contribution in [2.45, 2.75) is 83.9 Å². The van der Waals surface area contributed by atoms with Crippen molar-refractivity contribution in [2.75, 3.05) is 71.4 Å². The molecule has 0 spiro atoms. The van der Waals surface area contributed by atoms with Crippen LogP contribution in [0.2, 0.25) is 0 Å². The van der Waals surface area contributed by atoms with E-state index in [1.807, 2.05) is 33.8 Å². The number of aliphatic hydroxyl groups excluding tert-OH is 1. The van der Waals surface area contributed by atoms with Crippen molar-refractivity contribution in [1.29, 1.82) is 0 Å². The molecule has 57 heavy (non-hydrogen) atoms. The Morgan fingerprint density at radius 1 is 0.649 bits per heavy atom. The number of hydrogen-bond donors (Lipinski definition) is 1. The Hall–Kier alpha value is -4.41. The molecule has 0 saturated carbocycles. The number of sulfone groups is 2. The van der Waals surface area contributed by atoms with Gasteiger partial charge in [-0.3, -0.25) is 0 Å². The fourth-order valence-corrected chi connectivity index (χ4v) is 8.50. The van der Waals surface area contributed by atoms with Crippen LogP contribution in [0.1, 0.15) is 61.0 Å². The molecule has 2 fully saturated rings. The summed E-state index contributed by atoms with van der Waals surface area (Å²) in [6, 6.07) is 13.5. The highest BCUT2D eigenvalue weighted by Crippen LogP contribution is 2.30. The third-order valence-electron chi connectivity index (χ3n) is 9.66. The normalized spacial score (nSPS) is 17.2. The van der Waals surface area contributed by atoms with Crippen LogP contribution in [0.5, 0.6) is 0 Å². The number of aliphatic hydroxyl groups is 1. The first-order valence-corrected chi connectivity index (χ1v) is 23.4. The summed E-state index contributed by atoms with van der Waals surface area (Å²) < 4.78 is 61.7. The summed E-state index contributed by atoms with van der Waals surface area (Å²) in [6.45, 7) is 20.6. The minimum atomic E-state index is -3.61. The van der Waals surface area contributed by atoms with Gasteiger partial charge in [0.25, 0.3) is 0 Å². The van der Waals surface area contributed by atoms with Crippen LogP contribution < -0.4 is 19.6 Å². The molecule has 1 N–H and O–H groups in total. The summed E-state index contributed by atoms with van der Waals surface area (Å²) >= 11 is 0. The second-order valence-electron chi connectivity index (χ2n) is 14.1. The number of rotatable bonds is 9. The van der Waals surface area contributed by atoms with Gasteiger partial charge in [0.1, 0.15) is 10.7 Å². The Bertz CT molecular complexity index is 2060. The first kappa shape index (κ1) is 47.0. The summed E-state index contributed by atoms with van der Waals surface area (Å²) in [5.74, 6) is 1.43. The first-order chi connectivity index (χ1) is 27.1. The maximum absolute atomic E-state index is 13.9.